The summed E-state index contributed by atoms with van der Waals surface area (Å²) in [5, 5.41) is 9.63. The van der Waals surface area contributed by atoms with Crippen LogP contribution in [0.4, 0.5) is 0 Å². The molecule has 0 aliphatic rings. The van der Waals surface area contributed by atoms with Crippen LogP contribution in [0.3, 0.4) is 0 Å². The van der Waals surface area contributed by atoms with Gasteiger partial charge in [-0.1, -0.05) is 66.7 Å². The molecule has 1 heteroatoms. The Kier molecular flexibility index (Phi) is 13.9. The first-order valence-corrected chi connectivity index (χ1v) is 6.82. The second-order valence-electron chi connectivity index (χ2n) is 4.39. The maximum atomic E-state index is 9.63. The number of hydrogen-bond acceptors (Lipinski definition) is 1. The van der Waals surface area contributed by atoms with Crippen LogP contribution in [0, 0.1) is 0 Å². The van der Waals surface area contributed by atoms with Crippen molar-refractivity contribution in [1.82, 2.24) is 0 Å². The quantitative estimate of drug-likeness (QED) is 0.599. The van der Waals surface area contributed by atoms with Crippen molar-refractivity contribution in [3.05, 3.63) is 0 Å². The summed E-state index contributed by atoms with van der Waals surface area (Å²) in [7, 11) is 0. The molecule has 0 spiro atoms. The molecule has 0 unspecified atom stereocenters. The normalized spacial score (nSPS) is 10.8. The van der Waals surface area contributed by atoms with Crippen LogP contribution in [0.15, 0.2) is 0 Å². The standard InChI is InChI=1S/C8H18O.C6H14/c1-4-7-8(9,5-2)6-3;1-3-5-6-4-2/h9H,4-7H2,1-3H3;3-6H2,1-2H3. The third-order valence-corrected chi connectivity index (χ3v) is 2.99. The predicted molar refractivity (Wildman–Crippen MR) is 70.3 cm³/mol. The van der Waals surface area contributed by atoms with Crippen molar-refractivity contribution in [3.8, 4) is 0 Å². The van der Waals surface area contributed by atoms with Gasteiger partial charge >= 0.3 is 0 Å². The van der Waals surface area contributed by atoms with Gasteiger partial charge in [-0.3, -0.25) is 0 Å². The molecule has 0 atom stereocenters. The van der Waals surface area contributed by atoms with Gasteiger partial charge in [-0.15, -0.1) is 0 Å². The van der Waals surface area contributed by atoms with Crippen molar-refractivity contribution >= 4 is 0 Å². The summed E-state index contributed by atoms with van der Waals surface area (Å²) in [5.74, 6) is 0. The van der Waals surface area contributed by atoms with Gasteiger partial charge in [0.2, 0.25) is 0 Å². The molecule has 1 nitrogen and oxygen atoms in total. The third kappa shape index (κ3) is 11.9. The average Bonchev–Trinajstić information content (AvgIpc) is 2.27. The monoisotopic (exact) mass is 216 g/mol. The molecular formula is C14H32O. The molecule has 0 bridgehead atoms. The molecule has 15 heavy (non-hydrogen) atoms. The Morgan fingerprint density at radius 1 is 0.733 bits per heavy atom. The number of aliphatic hydroxyl groups is 1. The van der Waals surface area contributed by atoms with Gasteiger partial charge in [-0.05, 0) is 19.3 Å². The highest BCUT2D eigenvalue weighted by molar-refractivity contribution is 4.73. The van der Waals surface area contributed by atoms with Crippen LogP contribution in [0.2, 0.25) is 0 Å². The Morgan fingerprint density at radius 2 is 1.13 bits per heavy atom. The number of hydrogen-bond donors (Lipinski definition) is 1. The second-order valence-corrected chi connectivity index (χ2v) is 4.39. The molecule has 0 radical (unpaired) electrons. The first-order chi connectivity index (χ1) is 7.10. The van der Waals surface area contributed by atoms with Gasteiger partial charge in [-0.2, -0.15) is 0 Å². The highest BCUT2D eigenvalue weighted by Gasteiger charge is 2.19. The van der Waals surface area contributed by atoms with Gasteiger partial charge in [0.25, 0.3) is 0 Å². The Labute approximate surface area is 97.3 Å². The minimum absolute atomic E-state index is 0.366. The van der Waals surface area contributed by atoms with Crippen LogP contribution in [-0.4, -0.2) is 10.7 Å². The number of unbranched alkanes of at least 4 members (excludes halogenated alkanes) is 3. The summed E-state index contributed by atoms with van der Waals surface area (Å²) in [4.78, 5) is 0. The van der Waals surface area contributed by atoms with Crippen LogP contribution in [0.1, 0.15) is 86.0 Å². The van der Waals surface area contributed by atoms with Gasteiger partial charge in [0.05, 0.1) is 5.60 Å². The lowest BCUT2D eigenvalue weighted by Crippen LogP contribution is -2.25. The summed E-state index contributed by atoms with van der Waals surface area (Å²) in [6.07, 6.45) is 9.33. The minimum Gasteiger partial charge on any atom is -0.390 e. The van der Waals surface area contributed by atoms with Gasteiger partial charge in [0.1, 0.15) is 0 Å². The van der Waals surface area contributed by atoms with E-state index in [-0.39, 0.29) is 5.60 Å². The molecule has 94 valence electrons. The summed E-state index contributed by atoms with van der Waals surface area (Å²) < 4.78 is 0. The molecule has 0 aliphatic carbocycles. The molecule has 0 aliphatic heterocycles. The zero-order valence-electron chi connectivity index (χ0n) is 11.6. The molecule has 0 heterocycles. The van der Waals surface area contributed by atoms with E-state index in [1.165, 1.54) is 25.7 Å². The van der Waals surface area contributed by atoms with Crippen molar-refractivity contribution in [2.45, 2.75) is 91.6 Å². The van der Waals surface area contributed by atoms with Gasteiger partial charge in [0.15, 0.2) is 0 Å². The van der Waals surface area contributed by atoms with E-state index < -0.39 is 0 Å². The molecule has 0 aromatic heterocycles. The lowest BCUT2D eigenvalue weighted by atomic mass is 9.92. The van der Waals surface area contributed by atoms with Crippen molar-refractivity contribution < 1.29 is 5.11 Å². The lowest BCUT2D eigenvalue weighted by Gasteiger charge is -2.23. The third-order valence-electron chi connectivity index (χ3n) is 2.99. The molecule has 0 rings (SSSR count). The van der Waals surface area contributed by atoms with Crippen LogP contribution < -0.4 is 0 Å². The fourth-order valence-corrected chi connectivity index (χ4v) is 1.57. The largest absolute Gasteiger partial charge is 0.390 e. The summed E-state index contributed by atoms with van der Waals surface area (Å²) in [6, 6.07) is 0. The van der Waals surface area contributed by atoms with Gasteiger partial charge in [-0.25, -0.2) is 0 Å². The van der Waals surface area contributed by atoms with Crippen LogP contribution >= 0.6 is 0 Å². The smallest absolute Gasteiger partial charge is 0.0642 e. The van der Waals surface area contributed by atoms with Crippen molar-refractivity contribution in [2.24, 2.45) is 0 Å². The first-order valence-electron chi connectivity index (χ1n) is 6.82. The highest BCUT2D eigenvalue weighted by Crippen LogP contribution is 2.20. The molecule has 0 saturated carbocycles. The maximum absolute atomic E-state index is 9.63. The van der Waals surface area contributed by atoms with Gasteiger partial charge < -0.3 is 5.11 Å². The Balaban J connectivity index is 0. The van der Waals surface area contributed by atoms with E-state index in [1.54, 1.807) is 0 Å². The fraction of sp³-hybridized carbons (Fsp3) is 1.00. The summed E-state index contributed by atoms with van der Waals surface area (Å²) in [5.41, 5.74) is -0.366. The SMILES string of the molecule is CCCC(O)(CC)CC.CCCCCC. The van der Waals surface area contributed by atoms with Crippen LogP contribution in [-0.2, 0) is 0 Å². The van der Waals surface area contributed by atoms with E-state index in [4.69, 9.17) is 0 Å². The molecule has 0 aromatic carbocycles. The minimum atomic E-state index is -0.366. The topological polar surface area (TPSA) is 20.2 Å². The van der Waals surface area contributed by atoms with E-state index >= 15 is 0 Å². The van der Waals surface area contributed by atoms with E-state index in [0.29, 0.717) is 0 Å². The molecule has 0 fully saturated rings. The number of rotatable bonds is 7. The summed E-state index contributed by atoms with van der Waals surface area (Å²) >= 11 is 0. The Bertz CT molecular complexity index is 102. The molecular weight excluding hydrogens is 184 g/mol. The van der Waals surface area contributed by atoms with E-state index in [1.807, 2.05) is 13.8 Å². The molecule has 1 N–H and O–H groups in total. The van der Waals surface area contributed by atoms with Crippen LogP contribution in [0.5, 0.6) is 0 Å². The fourth-order valence-electron chi connectivity index (χ4n) is 1.57. The van der Waals surface area contributed by atoms with Crippen LogP contribution in [0.25, 0.3) is 0 Å². The van der Waals surface area contributed by atoms with Crippen molar-refractivity contribution in [3.63, 3.8) is 0 Å². The average molecular weight is 216 g/mol. The second kappa shape index (κ2) is 12.0. The molecule has 0 aromatic rings. The summed E-state index contributed by atoms with van der Waals surface area (Å²) in [6.45, 7) is 10.7. The Morgan fingerprint density at radius 3 is 1.27 bits per heavy atom. The molecule has 0 amide bonds. The zero-order valence-corrected chi connectivity index (χ0v) is 11.6. The maximum Gasteiger partial charge on any atom is 0.0642 e. The van der Waals surface area contributed by atoms with Crippen molar-refractivity contribution in [1.29, 1.82) is 0 Å². The Hall–Kier alpha value is -0.0400. The predicted octanol–water partition coefficient (Wildman–Crippen LogP) is 4.92. The zero-order chi connectivity index (χ0) is 12.2. The van der Waals surface area contributed by atoms with E-state index in [2.05, 4.69) is 20.8 Å². The van der Waals surface area contributed by atoms with Crippen molar-refractivity contribution in [2.75, 3.05) is 0 Å². The lowest BCUT2D eigenvalue weighted by molar-refractivity contribution is 0.0230. The first kappa shape index (κ1) is 17.4. The van der Waals surface area contributed by atoms with Gasteiger partial charge in [0, 0.05) is 0 Å². The van der Waals surface area contributed by atoms with E-state index in [9.17, 15) is 5.11 Å². The van der Waals surface area contributed by atoms with E-state index in [0.717, 1.165) is 25.7 Å². The highest BCUT2D eigenvalue weighted by atomic mass is 16.3. The molecule has 0 saturated heterocycles.